The molecule has 0 saturated heterocycles. The number of ether oxygens (including phenoxy) is 3. The van der Waals surface area contributed by atoms with Crippen molar-refractivity contribution in [2.24, 2.45) is 0 Å². The zero-order valence-corrected chi connectivity index (χ0v) is 15.6. The molecular formula is C22H15NO4S. The Hall–Kier alpha value is -3.43. The van der Waals surface area contributed by atoms with Crippen LogP contribution in [-0.4, -0.2) is 12.8 Å². The van der Waals surface area contributed by atoms with E-state index in [1.807, 2.05) is 36.4 Å². The van der Waals surface area contributed by atoms with E-state index in [9.17, 15) is 10.1 Å². The molecule has 6 heteroatoms. The number of nitriles is 1. The van der Waals surface area contributed by atoms with Gasteiger partial charge < -0.3 is 14.2 Å². The lowest BCUT2D eigenvalue weighted by atomic mass is 10.2. The molecule has 28 heavy (non-hydrogen) atoms. The first-order chi connectivity index (χ1) is 13.7. The molecule has 5 nitrogen and oxygen atoms in total. The molecule has 0 aliphatic carbocycles. The molecule has 0 fully saturated rings. The molecule has 3 aromatic rings. The van der Waals surface area contributed by atoms with Crippen LogP contribution in [-0.2, 0) is 11.3 Å². The van der Waals surface area contributed by atoms with Crippen molar-refractivity contribution >= 4 is 17.7 Å². The highest BCUT2D eigenvalue weighted by atomic mass is 32.2. The molecule has 0 radical (unpaired) electrons. The smallest absolute Gasteiger partial charge is 0.339 e. The molecule has 0 unspecified atom stereocenters. The van der Waals surface area contributed by atoms with Crippen LogP contribution in [0.2, 0.25) is 0 Å². The van der Waals surface area contributed by atoms with Gasteiger partial charge in [0.1, 0.15) is 12.7 Å². The first-order valence-corrected chi connectivity index (χ1v) is 9.38. The van der Waals surface area contributed by atoms with Crippen LogP contribution >= 0.6 is 11.8 Å². The number of benzene rings is 3. The molecular weight excluding hydrogens is 374 g/mol. The van der Waals surface area contributed by atoms with Gasteiger partial charge in [0.05, 0.1) is 11.1 Å². The van der Waals surface area contributed by atoms with Crippen LogP contribution in [0.5, 0.6) is 11.5 Å². The third-order valence-electron chi connectivity index (χ3n) is 4.14. The topological polar surface area (TPSA) is 68.6 Å². The first kappa shape index (κ1) is 18.0. The zero-order valence-electron chi connectivity index (χ0n) is 14.8. The van der Waals surface area contributed by atoms with Gasteiger partial charge in [-0.15, -0.1) is 0 Å². The van der Waals surface area contributed by atoms with E-state index in [2.05, 4.69) is 6.07 Å². The van der Waals surface area contributed by atoms with Crippen LogP contribution in [0.3, 0.4) is 0 Å². The van der Waals surface area contributed by atoms with Crippen molar-refractivity contribution < 1.29 is 19.0 Å². The van der Waals surface area contributed by atoms with Gasteiger partial charge in [-0.2, -0.15) is 5.26 Å². The predicted octanol–water partition coefficient (Wildman–Crippen LogP) is 4.80. The molecule has 0 atom stereocenters. The monoisotopic (exact) mass is 389 g/mol. The molecule has 3 aromatic carbocycles. The summed E-state index contributed by atoms with van der Waals surface area (Å²) in [4.78, 5) is 14.2. The van der Waals surface area contributed by atoms with Gasteiger partial charge in [-0.05, 0) is 42.0 Å². The highest BCUT2D eigenvalue weighted by Gasteiger charge is 2.17. The van der Waals surface area contributed by atoms with Crippen molar-refractivity contribution in [3.8, 4) is 17.6 Å². The van der Waals surface area contributed by atoms with Crippen LogP contribution in [0, 0.1) is 11.3 Å². The van der Waals surface area contributed by atoms with Crippen molar-refractivity contribution in [3.05, 3.63) is 83.4 Å². The van der Waals surface area contributed by atoms with Gasteiger partial charge in [0.2, 0.25) is 6.79 Å². The number of nitrogens with zero attached hydrogens (tertiary/aromatic N) is 1. The molecule has 138 valence electrons. The number of hydrogen-bond donors (Lipinski definition) is 0. The Morgan fingerprint density at radius 3 is 2.61 bits per heavy atom. The van der Waals surface area contributed by atoms with E-state index in [-0.39, 0.29) is 13.4 Å². The molecule has 0 bridgehead atoms. The highest BCUT2D eigenvalue weighted by Crippen LogP contribution is 2.34. The van der Waals surface area contributed by atoms with Gasteiger partial charge in [-0.25, -0.2) is 4.79 Å². The van der Waals surface area contributed by atoms with Gasteiger partial charge >= 0.3 is 5.97 Å². The van der Waals surface area contributed by atoms with Gasteiger partial charge in [-0.3, -0.25) is 0 Å². The van der Waals surface area contributed by atoms with Crippen LogP contribution in [0.25, 0.3) is 0 Å². The maximum Gasteiger partial charge on any atom is 0.339 e. The van der Waals surface area contributed by atoms with Crippen molar-refractivity contribution in [2.75, 3.05) is 6.79 Å². The molecule has 1 aliphatic heterocycles. The molecule has 0 amide bonds. The second kappa shape index (κ2) is 8.07. The van der Waals surface area contributed by atoms with Crippen LogP contribution in [0.1, 0.15) is 21.5 Å². The number of hydrogen-bond acceptors (Lipinski definition) is 6. The van der Waals surface area contributed by atoms with Crippen LogP contribution in [0.15, 0.2) is 76.5 Å². The lowest BCUT2D eigenvalue weighted by Gasteiger charge is -2.10. The molecule has 1 aliphatic rings. The van der Waals surface area contributed by atoms with E-state index in [0.29, 0.717) is 22.6 Å². The van der Waals surface area contributed by atoms with E-state index in [1.54, 1.807) is 30.3 Å². The minimum absolute atomic E-state index is 0.128. The second-order valence-corrected chi connectivity index (χ2v) is 7.05. The second-order valence-electron chi connectivity index (χ2n) is 5.97. The average molecular weight is 389 g/mol. The van der Waals surface area contributed by atoms with E-state index in [0.717, 1.165) is 15.4 Å². The largest absolute Gasteiger partial charge is 0.457 e. The maximum atomic E-state index is 12.7. The summed E-state index contributed by atoms with van der Waals surface area (Å²) < 4.78 is 16.1. The molecule has 0 N–H and O–H groups in total. The third-order valence-corrected chi connectivity index (χ3v) is 5.29. The molecule has 0 saturated carbocycles. The number of esters is 1. The average Bonchev–Trinajstić information content (AvgIpc) is 3.21. The highest BCUT2D eigenvalue weighted by molar-refractivity contribution is 7.99. The Morgan fingerprint density at radius 2 is 1.75 bits per heavy atom. The summed E-state index contributed by atoms with van der Waals surface area (Å²) >= 11 is 1.37. The summed E-state index contributed by atoms with van der Waals surface area (Å²) in [5.41, 5.74) is 1.84. The van der Waals surface area contributed by atoms with E-state index in [1.165, 1.54) is 11.8 Å². The minimum atomic E-state index is -0.421. The van der Waals surface area contributed by atoms with Gasteiger partial charge in [0.15, 0.2) is 11.5 Å². The normalized spacial score (nSPS) is 11.7. The summed E-state index contributed by atoms with van der Waals surface area (Å²) in [6.45, 7) is 0.330. The van der Waals surface area contributed by atoms with E-state index < -0.39 is 5.97 Å². The van der Waals surface area contributed by atoms with Gasteiger partial charge in [0.25, 0.3) is 0 Å². The minimum Gasteiger partial charge on any atom is -0.457 e. The number of fused-ring (bicyclic) bond motifs is 1. The molecule has 4 rings (SSSR count). The zero-order chi connectivity index (χ0) is 19.3. The molecule has 0 aromatic heterocycles. The fourth-order valence-corrected chi connectivity index (χ4v) is 3.76. The SMILES string of the molecule is N#Cc1ccccc1Sc1ccccc1C(=O)OCc1ccc2c(c1)OCO2. The number of carbonyl (C=O) groups excluding carboxylic acids is 1. The Morgan fingerprint density at radius 1 is 1.00 bits per heavy atom. The quantitative estimate of drug-likeness (QED) is 0.584. The lowest BCUT2D eigenvalue weighted by Crippen LogP contribution is -2.06. The lowest BCUT2D eigenvalue weighted by molar-refractivity contribution is 0.0468. The summed E-state index contributed by atoms with van der Waals surface area (Å²) in [7, 11) is 0. The first-order valence-electron chi connectivity index (χ1n) is 8.56. The van der Waals surface area contributed by atoms with E-state index >= 15 is 0 Å². The van der Waals surface area contributed by atoms with Crippen LogP contribution in [0.4, 0.5) is 0 Å². The maximum absolute atomic E-state index is 12.7. The third kappa shape index (κ3) is 3.80. The summed E-state index contributed by atoms with van der Waals surface area (Å²) in [5, 5.41) is 9.28. The van der Waals surface area contributed by atoms with Gasteiger partial charge in [0, 0.05) is 9.79 Å². The Labute approximate surface area is 166 Å². The van der Waals surface area contributed by atoms with Crippen molar-refractivity contribution in [3.63, 3.8) is 0 Å². The summed E-state index contributed by atoms with van der Waals surface area (Å²) in [6.07, 6.45) is 0. The van der Waals surface area contributed by atoms with Crippen molar-refractivity contribution in [1.82, 2.24) is 0 Å². The Kier molecular flexibility index (Phi) is 5.18. The van der Waals surface area contributed by atoms with Crippen molar-refractivity contribution in [1.29, 1.82) is 5.26 Å². The fraction of sp³-hybridized carbons (Fsp3) is 0.0909. The van der Waals surface area contributed by atoms with Gasteiger partial charge in [-0.1, -0.05) is 42.1 Å². The summed E-state index contributed by atoms with van der Waals surface area (Å²) in [5.74, 6) is 0.917. The molecule has 1 heterocycles. The van der Waals surface area contributed by atoms with Crippen LogP contribution < -0.4 is 9.47 Å². The predicted molar refractivity (Wildman–Crippen MR) is 103 cm³/mol. The Bertz CT molecular complexity index is 1070. The standard InChI is InChI=1S/C22H15NO4S/c23-12-16-5-1-3-7-20(16)28-21-8-4-2-6-17(21)22(24)25-13-15-9-10-18-19(11-15)27-14-26-18/h1-11H,13-14H2. The van der Waals surface area contributed by atoms with Crippen molar-refractivity contribution in [2.45, 2.75) is 16.4 Å². The van der Waals surface area contributed by atoms with E-state index in [4.69, 9.17) is 14.2 Å². The Balaban J connectivity index is 1.50. The summed E-state index contributed by atoms with van der Waals surface area (Å²) in [6, 6.07) is 22.1. The fourth-order valence-electron chi connectivity index (χ4n) is 2.75. The molecule has 0 spiro atoms. The number of rotatable bonds is 5. The number of carbonyl (C=O) groups is 1.